The highest BCUT2D eigenvalue weighted by Crippen LogP contribution is 2.22. The van der Waals surface area contributed by atoms with Gasteiger partial charge in [0, 0.05) is 12.9 Å². The van der Waals surface area contributed by atoms with Gasteiger partial charge in [0.25, 0.3) is 5.91 Å². The van der Waals surface area contributed by atoms with Gasteiger partial charge in [0.2, 0.25) is 0 Å². The number of carbonyl (C=O) groups is 2. The molecule has 14 heavy (non-hydrogen) atoms. The molecule has 0 saturated carbocycles. The maximum absolute atomic E-state index is 11.6. The Morgan fingerprint density at radius 1 is 1.64 bits per heavy atom. The minimum absolute atomic E-state index is 0.259. The van der Waals surface area contributed by atoms with Crippen molar-refractivity contribution in [2.75, 3.05) is 18.7 Å². The van der Waals surface area contributed by atoms with Crippen molar-refractivity contribution in [1.82, 2.24) is 4.90 Å². The van der Waals surface area contributed by atoms with Crippen LogP contribution in [0.4, 0.5) is 0 Å². The minimum atomic E-state index is -0.952. The molecule has 1 amide bonds. The van der Waals surface area contributed by atoms with E-state index < -0.39 is 18.1 Å². The average molecular weight is 219 g/mol. The Morgan fingerprint density at radius 3 is 2.79 bits per heavy atom. The van der Waals surface area contributed by atoms with Gasteiger partial charge in [-0.1, -0.05) is 0 Å². The van der Waals surface area contributed by atoms with E-state index in [9.17, 15) is 9.59 Å². The summed E-state index contributed by atoms with van der Waals surface area (Å²) in [5, 5.41) is 8.84. The zero-order chi connectivity index (χ0) is 10.7. The number of aliphatic carboxylic acids is 1. The van der Waals surface area contributed by atoms with Gasteiger partial charge in [-0.05, 0) is 6.92 Å². The molecule has 0 aromatic rings. The summed E-state index contributed by atoms with van der Waals surface area (Å²) in [5.74, 6) is -0.322. The lowest BCUT2D eigenvalue weighted by molar-refractivity contribution is -0.151. The summed E-state index contributed by atoms with van der Waals surface area (Å²) in [7, 11) is 1.43. The Kier molecular flexibility index (Phi) is 3.77. The minimum Gasteiger partial charge on any atom is -0.480 e. The van der Waals surface area contributed by atoms with E-state index in [2.05, 4.69) is 0 Å². The van der Waals surface area contributed by atoms with Gasteiger partial charge in [0.1, 0.15) is 12.1 Å². The van der Waals surface area contributed by atoms with Crippen LogP contribution >= 0.6 is 11.8 Å². The number of rotatable bonds is 3. The topological polar surface area (TPSA) is 66.8 Å². The van der Waals surface area contributed by atoms with Crippen LogP contribution in [0.25, 0.3) is 0 Å². The van der Waals surface area contributed by atoms with Crippen molar-refractivity contribution in [2.45, 2.75) is 19.1 Å². The van der Waals surface area contributed by atoms with E-state index >= 15 is 0 Å². The molecule has 1 saturated heterocycles. The normalized spacial score (nSPS) is 23.6. The second-order valence-electron chi connectivity index (χ2n) is 3.04. The first-order chi connectivity index (χ1) is 6.57. The second-order valence-corrected chi connectivity index (χ2v) is 4.04. The van der Waals surface area contributed by atoms with Gasteiger partial charge in [-0.2, -0.15) is 0 Å². The van der Waals surface area contributed by atoms with Crippen LogP contribution in [0, 0.1) is 0 Å². The molecule has 1 unspecified atom stereocenters. The fourth-order valence-electron chi connectivity index (χ4n) is 1.20. The van der Waals surface area contributed by atoms with Crippen molar-refractivity contribution < 1.29 is 19.4 Å². The first kappa shape index (κ1) is 11.3. The summed E-state index contributed by atoms with van der Waals surface area (Å²) in [5.41, 5.74) is 0. The fourth-order valence-corrected chi connectivity index (χ4v) is 2.35. The van der Waals surface area contributed by atoms with Crippen molar-refractivity contribution >= 4 is 23.6 Å². The summed E-state index contributed by atoms with van der Waals surface area (Å²) in [4.78, 5) is 23.7. The highest BCUT2D eigenvalue weighted by molar-refractivity contribution is 7.99. The summed E-state index contributed by atoms with van der Waals surface area (Å²) in [6.07, 6.45) is -0.574. The lowest BCUT2D eigenvalue weighted by Crippen LogP contribution is -2.46. The first-order valence-electron chi connectivity index (χ1n) is 4.21. The molecule has 1 aliphatic heterocycles. The third kappa shape index (κ3) is 2.19. The molecule has 1 fully saturated rings. The van der Waals surface area contributed by atoms with Crippen LogP contribution in [0.15, 0.2) is 0 Å². The predicted octanol–water partition coefficient (Wildman–Crippen LogP) is 0.00740. The van der Waals surface area contributed by atoms with Crippen molar-refractivity contribution in [3.63, 3.8) is 0 Å². The lowest BCUT2D eigenvalue weighted by Gasteiger charge is -2.23. The first-order valence-corrected chi connectivity index (χ1v) is 5.37. The maximum Gasteiger partial charge on any atom is 0.327 e. The molecular weight excluding hydrogens is 206 g/mol. The summed E-state index contributed by atoms with van der Waals surface area (Å²) in [6.45, 7) is 1.62. The van der Waals surface area contributed by atoms with Crippen LogP contribution in [0.5, 0.6) is 0 Å². The lowest BCUT2D eigenvalue weighted by atomic mass is 10.2. The van der Waals surface area contributed by atoms with Crippen molar-refractivity contribution in [3.8, 4) is 0 Å². The molecular formula is C8H13NO4S. The third-order valence-electron chi connectivity index (χ3n) is 2.15. The Balaban J connectivity index is 2.67. The number of hydrogen-bond acceptors (Lipinski definition) is 4. The maximum atomic E-state index is 11.6. The number of nitrogens with zero attached hydrogens (tertiary/aromatic N) is 1. The molecule has 0 aliphatic carbocycles. The molecule has 6 heteroatoms. The van der Waals surface area contributed by atoms with E-state index in [4.69, 9.17) is 9.84 Å². The zero-order valence-corrected chi connectivity index (χ0v) is 8.91. The summed E-state index contributed by atoms with van der Waals surface area (Å²) < 4.78 is 4.86. The number of carboxylic acids is 1. The monoisotopic (exact) mass is 219 g/mol. The van der Waals surface area contributed by atoms with E-state index in [1.165, 1.54) is 23.8 Å². The number of carboxylic acid groups (broad SMARTS) is 1. The number of carbonyl (C=O) groups excluding carboxylic acids is 1. The Morgan fingerprint density at radius 2 is 2.29 bits per heavy atom. The van der Waals surface area contributed by atoms with E-state index in [1.54, 1.807) is 6.92 Å². The quantitative estimate of drug-likeness (QED) is 0.724. The van der Waals surface area contributed by atoms with Gasteiger partial charge in [0.05, 0.1) is 5.88 Å². The molecule has 0 aromatic carbocycles. The number of ether oxygens (including phenoxy) is 1. The van der Waals surface area contributed by atoms with E-state index in [0.29, 0.717) is 11.6 Å². The van der Waals surface area contributed by atoms with Gasteiger partial charge in [-0.3, -0.25) is 4.79 Å². The average Bonchev–Trinajstić information content (AvgIpc) is 2.63. The van der Waals surface area contributed by atoms with Gasteiger partial charge >= 0.3 is 5.97 Å². The second kappa shape index (κ2) is 4.65. The van der Waals surface area contributed by atoms with Crippen molar-refractivity contribution in [3.05, 3.63) is 0 Å². The van der Waals surface area contributed by atoms with Crippen molar-refractivity contribution in [1.29, 1.82) is 0 Å². The van der Waals surface area contributed by atoms with Crippen molar-refractivity contribution in [2.24, 2.45) is 0 Å². The summed E-state index contributed by atoms with van der Waals surface area (Å²) in [6, 6.07) is -0.704. The van der Waals surface area contributed by atoms with Crippen LogP contribution in [-0.2, 0) is 14.3 Å². The molecule has 2 atom stereocenters. The number of amides is 1. The van der Waals surface area contributed by atoms with E-state index in [1.807, 2.05) is 0 Å². The molecule has 0 radical (unpaired) electrons. The Bertz CT molecular complexity index is 245. The molecule has 1 rings (SSSR count). The third-order valence-corrected chi connectivity index (χ3v) is 3.16. The zero-order valence-electron chi connectivity index (χ0n) is 8.10. The highest BCUT2D eigenvalue weighted by atomic mass is 32.2. The van der Waals surface area contributed by atoms with Gasteiger partial charge in [0.15, 0.2) is 0 Å². The number of thioether (sulfide) groups is 1. The molecule has 0 aromatic heterocycles. The van der Waals surface area contributed by atoms with E-state index in [0.717, 1.165) is 0 Å². The van der Waals surface area contributed by atoms with Crippen LogP contribution in [0.3, 0.4) is 0 Å². The predicted molar refractivity (Wildman–Crippen MR) is 52.1 cm³/mol. The van der Waals surface area contributed by atoms with Gasteiger partial charge < -0.3 is 14.7 Å². The molecule has 1 N–H and O–H groups in total. The molecule has 1 aliphatic rings. The smallest absolute Gasteiger partial charge is 0.327 e. The Hall–Kier alpha value is -0.750. The molecule has 0 bridgehead atoms. The molecule has 80 valence electrons. The standard InChI is InChI=1S/C8H13NO4S/c1-5(13-2)7(10)9-4-14-3-6(9)8(11)12/h5-6H,3-4H2,1-2H3,(H,11,12)/t5?,6-/m0/s1. The largest absolute Gasteiger partial charge is 0.480 e. The summed E-state index contributed by atoms with van der Waals surface area (Å²) >= 11 is 1.44. The molecule has 1 heterocycles. The highest BCUT2D eigenvalue weighted by Gasteiger charge is 2.36. The van der Waals surface area contributed by atoms with Crippen LogP contribution in [0.2, 0.25) is 0 Å². The van der Waals surface area contributed by atoms with E-state index in [-0.39, 0.29) is 5.91 Å². The fraction of sp³-hybridized carbons (Fsp3) is 0.750. The van der Waals surface area contributed by atoms with Crippen LogP contribution < -0.4 is 0 Å². The Labute approximate surface area is 86.4 Å². The van der Waals surface area contributed by atoms with Gasteiger partial charge in [-0.25, -0.2) is 4.79 Å². The molecule has 5 nitrogen and oxygen atoms in total. The number of hydrogen-bond donors (Lipinski definition) is 1. The molecule has 0 spiro atoms. The van der Waals surface area contributed by atoms with Crippen LogP contribution in [-0.4, -0.2) is 52.8 Å². The number of methoxy groups -OCH3 is 1. The van der Waals surface area contributed by atoms with Gasteiger partial charge in [-0.15, -0.1) is 11.8 Å². The SMILES string of the molecule is COC(C)C(=O)N1CSC[C@H]1C(=O)O. The van der Waals surface area contributed by atoms with Crippen LogP contribution in [0.1, 0.15) is 6.92 Å².